The molecule has 0 aliphatic rings. The Morgan fingerprint density at radius 3 is 2.03 bits per heavy atom. The van der Waals surface area contributed by atoms with Crippen molar-refractivity contribution in [2.24, 2.45) is 0 Å². The lowest BCUT2D eigenvalue weighted by molar-refractivity contribution is -0.118. The highest BCUT2D eigenvalue weighted by Crippen LogP contribution is 2.24. The number of ether oxygens (including phenoxy) is 1. The van der Waals surface area contributed by atoms with Crippen molar-refractivity contribution in [3.63, 3.8) is 0 Å². The summed E-state index contributed by atoms with van der Waals surface area (Å²) in [7, 11) is 0. The van der Waals surface area contributed by atoms with E-state index in [2.05, 4.69) is 24.5 Å². The van der Waals surface area contributed by atoms with Gasteiger partial charge in [0, 0.05) is 22.0 Å². The lowest BCUT2D eigenvalue weighted by Gasteiger charge is -2.14. The van der Waals surface area contributed by atoms with E-state index < -0.39 is 0 Å². The first-order valence-corrected chi connectivity index (χ1v) is 10.6. The number of hydrogen-bond acceptors (Lipinski definition) is 3. The minimum Gasteiger partial charge on any atom is -0.484 e. The van der Waals surface area contributed by atoms with Gasteiger partial charge in [0.25, 0.3) is 11.8 Å². The van der Waals surface area contributed by atoms with E-state index in [0.29, 0.717) is 22.0 Å². The zero-order chi connectivity index (χ0) is 22.2. The van der Waals surface area contributed by atoms with Gasteiger partial charge in [-0.25, -0.2) is 0 Å². The van der Waals surface area contributed by atoms with Gasteiger partial charge in [0.1, 0.15) is 5.75 Å². The predicted molar refractivity (Wildman–Crippen MR) is 125 cm³/mol. The van der Waals surface area contributed by atoms with Crippen molar-refractivity contribution < 1.29 is 14.3 Å². The van der Waals surface area contributed by atoms with Crippen molar-refractivity contribution in [1.82, 2.24) is 0 Å². The minimum absolute atomic E-state index is 0.141. The number of para-hydroxylation sites is 1. The van der Waals surface area contributed by atoms with E-state index in [1.165, 1.54) is 0 Å². The normalized spacial score (nSPS) is 10.4. The van der Waals surface area contributed by atoms with Crippen LogP contribution in [0.5, 0.6) is 5.75 Å². The fourth-order valence-corrected chi connectivity index (χ4v) is 3.30. The zero-order valence-electron chi connectivity index (χ0n) is 17.6. The van der Waals surface area contributed by atoms with E-state index in [-0.39, 0.29) is 18.4 Å². The molecule has 3 aromatic carbocycles. The maximum atomic E-state index is 12.7. The maximum Gasteiger partial charge on any atom is 0.262 e. The van der Waals surface area contributed by atoms with Crippen molar-refractivity contribution >= 4 is 34.8 Å². The summed E-state index contributed by atoms with van der Waals surface area (Å²) in [6, 6.07) is 19.6. The molecule has 5 nitrogen and oxygen atoms in total. The Kier molecular flexibility index (Phi) is 7.68. The summed E-state index contributed by atoms with van der Waals surface area (Å²) in [6.45, 7) is 4.00. The smallest absolute Gasteiger partial charge is 0.262 e. The summed E-state index contributed by atoms with van der Waals surface area (Å²) in [5.41, 5.74) is 4.27. The summed E-state index contributed by atoms with van der Waals surface area (Å²) in [4.78, 5) is 24.8. The van der Waals surface area contributed by atoms with Gasteiger partial charge in [0.15, 0.2) is 6.61 Å². The monoisotopic (exact) mass is 436 g/mol. The molecule has 0 spiro atoms. The Labute approximate surface area is 187 Å². The first kappa shape index (κ1) is 22.4. The molecule has 0 aliphatic heterocycles. The van der Waals surface area contributed by atoms with Crippen molar-refractivity contribution in [2.75, 3.05) is 17.2 Å². The predicted octanol–water partition coefficient (Wildman–Crippen LogP) is 5.73. The number of halogens is 1. The molecular weight excluding hydrogens is 412 g/mol. The molecule has 31 heavy (non-hydrogen) atoms. The molecule has 3 rings (SSSR count). The molecule has 0 bridgehead atoms. The van der Waals surface area contributed by atoms with E-state index in [0.717, 1.165) is 29.7 Å². The van der Waals surface area contributed by atoms with Crippen LogP contribution in [0, 0.1) is 0 Å². The summed E-state index contributed by atoms with van der Waals surface area (Å²) in [5, 5.41) is 6.38. The number of hydrogen-bond donors (Lipinski definition) is 2. The van der Waals surface area contributed by atoms with Crippen LogP contribution in [-0.2, 0) is 17.6 Å². The maximum absolute atomic E-state index is 12.7. The van der Waals surface area contributed by atoms with Gasteiger partial charge in [-0.3, -0.25) is 9.59 Å². The standard InChI is InChI=1S/C25H25ClN2O3/c1-3-17-6-5-7-18(4-2)24(17)28-25(30)19-8-14-22(15-9-19)31-16-23(29)27-21-12-10-20(26)11-13-21/h5-15H,3-4,16H2,1-2H3,(H,27,29)(H,28,30). The quantitative estimate of drug-likeness (QED) is 0.473. The van der Waals surface area contributed by atoms with E-state index in [9.17, 15) is 9.59 Å². The van der Waals surface area contributed by atoms with Gasteiger partial charge in [-0.2, -0.15) is 0 Å². The number of rotatable bonds is 8. The van der Waals surface area contributed by atoms with Gasteiger partial charge in [-0.05, 0) is 72.5 Å². The summed E-state index contributed by atoms with van der Waals surface area (Å²) in [5.74, 6) is 0.0426. The van der Waals surface area contributed by atoms with E-state index in [1.807, 2.05) is 18.2 Å². The van der Waals surface area contributed by atoms with Crippen LogP contribution in [0.25, 0.3) is 0 Å². The Hall–Kier alpha value is -3.31. The molecule has 0 radical (unpaired) electrons. The number of nitrogens with one attached hydrogen (secondary N) is 2. The van der Waals surface area contributed by atoms with Crippen LogP contribution < -0.4 is 15.4 Å². The second-order valence-electron chi connectivity index (χ2n) is 6.98. The number of carbonyl (C=O) groups is 2. The first-order chi connectivity index (χ1) is 15.0. The Morgan fingerprint density at radius 1 is 0.839 bits per heavy atom. The summed E-state index contributed by atoms with van der Waals surface area (Å²) < 4.78 is 5.52. The number of anilines is 2. The third kappa shape index (κ3) is 6.09. The highest BCUT2D eigenvalue weighted by atomic mass is 35.5. The van der Waals surface area contributed by atoms with E-state index in [1.54, 1.807) is 48.5 Å². The van der Waals surface area contributed by atoms with Crippen LogP contribution in [0.3, 0.4) is 0 Å². The molecule has 160 valence electrons. The molecule has 2 N–H and O–H groups in total. The van der Waals surface area contributed by atoms with Crippen LogP contribution >= 0.6 is 11.6 Å². The molecule has 0 saturated heterocycles. The van der Waals surface area contributed by atoms with Crippen LogP contribution in [-0.4, -0.2) is 18.4 Å². The van der Waals surface area contributed by atoms with Gasteiger partial charge in [0.05, 0.1) is 0 Å². The molecule has 0 aromatic heterocycles. The molecule has 0 fully saturated rings. The van der Waals surface area contributed by atoms with E-state index in [4.69, 9.17) is 16.3 Å². The second kappa shape index (κ2) is 10.6. The molecule has 2 amide bonds. The van der Waals surface area contributed by atoms with Gasteiger partial charge in [-0.1, -0.05) is 43.6 Å². The molecule has 0 atom stereocenters. The Balaban J connectivity index is 1.58. The highest BCUT2D eigenvalue weighted by Gasteiger charge is 2.12. The molecule has 0 saturated carbocycles. The molecule has 0 unspecified atom stereocenters. The van der Waals surface area contributed by atoms with E-state index >= 15 is 0 Å². The minimum atomic E-state index is -0.285. The van der Waals surface area contributed by atoms with Gasteiger partial charge in [0.2, 0.25) is 0 Å². The van der Waals surface area contributed by atoms with Crippen LogP contribution in [0.4, 0.5) is 11.4 Å². The Bertz CT molecular complexity index is 1030. The zero-order valence-corrected chi connectivity index (χ0v) is 18.3. The van der Waals surface area contributed by atoms with Crippen molar-refractivity contribution in [3.05, 3.63) is 88.4 Å². The SMILES string of the molecule is CCc1cccc(CC)c1NC(=O)c1ccc(OCC(=O)Nc2ccc(Cl)cc2)cc1. The van der Waals surface area contributed by atoms with Gasteiger partial charge in [-0.15, -0.1) is 0 Å². The fourth-order valence-electron chi connectivity index (χ4n) is 3.17. The first-order valence-electron chi connectivity index (χ1n) is 10.2. The largest absolute Gasteiger partial charge is 0.484 e. The second-order valence-corrected chi connectivity index (χ2v) is 7.42. The number of amides is 2. The lowest BCUT2D eigenvalue weighted by atomic mass is 10.0. The van der Waals surface area contributed by atoms with Gasteiger partial charge >= 0.3 is 0 Å². The fraction of sp³-hybridized carbons (Fsp3) is 0.200. The number of aryl methyl sites for hydroxylation is 2. The van der Waals surface area contributed by atoms with Crippen molar-refractivity contribution in [2.45, 2.75) is 26.7 Å². The van der Waals surface area contributed by atoms with Crippen LogP contribution in [0.2, 0.25) is 5.02 Å². The molecule has 0 aliphatic carbocycles. The van der Waals surface area contributed by atoms with Crippen LogP contribution in [0.15, 0.2) is 66.7 Å². The third-order valence-corrected chi connectivity index (χ3v) is 5.10. The van der Waals surface area contributed by atoms with Crippen molar-refractivity contribution in [1.29, 1.82) is 0 Å². The molecular formula is C25H25ClN2O3. The lowest BCUT2D eigenvalue weighted by Crippen LogP contribution is -2.20. The number of benzene rings is 3. The molecule has 0 heterocycles. The molecule has 6 heteroatoms. The van der Waals surface area contributed by atoms with Crippen molar-refractivity contribution in [3.8, 4) is 5.75 Å². The summed E-state index contributed by atoms with van der Waals surface area (Å²) in [6.07, 6.45) is 1.68. The average molecular weight is 437 g/mol. The molecule has 3 aromatic rings. The average Bonchev–Trinajstić information content (AvgIpc) is 2.79. The van der Waals surface area contributed by atoms with Crippen LogP contribution in [0.1, 0.15) is 35.3 Å². The van der Waals surface area contributed by atoms with Gasteiger partial charge < -0.3 is 15.4 Å². The third-order valence-electron chi connectivity index (χ3n) is 4.85. The Morgan fingerprint density at radius 2 is 1.45 bits per heavy atom. The highest BCUT2D eigenvalue weighted by molar-refractivity contribution is 6.30. The topological polar surface area (TPSA) is 67.4 Å². The number of carbonyl (C=O) groups excluding carboxylic acids is 2. The summed E-state index contributed by atoms with van der Waals surface area (Å²) >= 11 is 5.83.